The van der Waals surface area contributed by atoms with Gasteiger partial charge in [0.25, 0.3) is 0 Å². The highest BCUT2D eigenvalue weighted by atomic mass is 35.5. The van der Waals surface area contributed by atoms with Crippen LogP contribution in [0.1, 0.15) is 35.2 Å². The first kappa shape index (κ1) is 15.5. The summed E-state index contributed by atoms with van der Waals surface area (Å²) in [4.78, 5) is 21.5. The molecule has 0 radical (unpaired) electrons. The van der Waals surface area contributed by atoms with Gasteiger partial charge in [0.1, 0.15) is 0 Å². The summed E-state index contributed by atoms with van der Waals surface area (Å²) in [5.41, 5.74) is 11.5. The van der Waals surface area contributed by atoms with Crippen molar-refractivity contribution >= 4 is 23.4 Å². The van der Waals surface area contributed by atoms with E-state index < -0.39 is 5.91 Å². The Balaban J connectivity index is 2.33. The Kier molecular flexibility index (Phi) is 6.32. The summed E-state index contributed by atoms with van der Waals surface area (Å²) in [7, 11) is 0. The first-order chi connectivity index (χ1) is 9.00. The SMILES string of the molecule is NC(=O)CCCCNCc1ccc(C(N)=O)cc1Cl. The zero-order valence-corrected chi connectivity index (χ0v) is 11.4. The fraction of sp³-hybridized carbons (Fsp3) is 0.385. The molecular weight excluding hydrogens is 266 g/mol. The van der Waals surface area contributed by atoms with Crippen LogP contribution in [0, 0.1) is 0 Å². The molecule has 2 amide bonds. The number of hydrogen-bond donors (Lipinski definition) is 3. The van der Waals surface area contributed by atoms with Crippen LogP contribution in [0.25, 0.3) is 0 Å². The molecule has 19 heavy (non-hydrogen) atoms. The summed E-state index contributed by atoms with van der Waals surface area (Å²) < 4.78 is 0. The number of benzene rings is 1. The van der Waals surface area contributed by atoms with Crippen LogP contribution in [-0.4, -0.2) is 18.4 Å². The minimum absolute atomic E-state index is 0.273. The molecule has 0 saturated carbocycles. The predicted molar refractivity (Wildman–Crippen MR) is 74.7 cm³/mol. The standard InChI is InChI=1S/C13H18ClN3O2/c14-11-7-9(13(16)19)4-5-10(11)8-17-6-2-1-3-12(15)18/h4-5,7,17H,1-3,6,8H2,(H2,15,18)(H2,16,19). The maximum absolute atomic E-state index is 11.0. The molecule has 0 aliphatic heterocycles. The molecule has 1 rings (SSSR count). The summed E-state index contributed by atoms with van der Waals surface area (Å²) in [6.07, 6.45) is 2.06. The van der Waals surface area contributed by atoms with Gasteiger partial charge in [-0.05, 0) is 37.1 Å². The molecular formula is C13H18ClN3O2. The molecule has 0 aliphatic carbocycles. The first-order valence-corrected chi connectivity index (χ1v) is 6.45. The Bertz CT molecular complexity index is 463. The van der Waals surface area contributed by atoms with Crippen LogP contribution in [0.5, 0.6) is 0 Å². The van der Waals surface area contributed by atoms with Crippen molar-refractivity contribution in [3.05, 3.63) is 34.3 Å². The third-order valence-corrected chi connectivity index (χ3v) is 3.03. The fourth-order valence-corrected chi connectivity index (χ4v) is 1.86. The molecule has 6 heteroatoms. The van der Waals surface area contributed by atoms with Crippen LogP contribution >= 0.6 is 11.6 Å². The smallest absolute Gasteiger partial charge is 0.248 e. The second-order valence-electron chi connectivity index (χ2n) is 4.27. The second-order valence-corrected chi connectivity index (χ2v) is 4.68. The van der Waals surface area contributed by atoms with Crippen LogP contribution in [0.15, 0.2) is 18.2 Å². The minimum atomic E-state index is -0.493. The fourth-order valence-electron chi connectivity index (χ4n) is 1.62. The number of amides is 2. The van der Waals surface area contributed by atoms with Gasteiger partial charge in [0.05, 0.1) is 0 Å². The lowest BCUT2D eigenvalue weighted by atomic mass is 10.1. The normalized spacial score (nSPS) is 10.4. The molecule has 0 spiro atoms. The van der Waals surface area contributed by atoms with E-state index in [1.54, 1.807) is 18.2 Å². The van der Waals surface area contributed by atoms with E-state index in [-0.39, 0.29) is 5.91 Å². The van der Waals surface area contributed by atoms with E-state index in [9.17, 15) is 9.59 Å². The Labute approximate surface area is 117 Å². The molecule has 1 aromatic rings. The molecule has 0 saturated heterocycles. The predicted octanol–water partition coefficient (Wildman–Crippen LogP) is 1.18. The van der Waals surface area contributed by atoms with E-state index in [0.717, 1.165) is 24.9 Å². The van der Waals surface area contributed by atoms with E-state index >= 15 is 0 Å². The summed E-state index contributed by atoms with van der Waals surface area (Å²) in [6, 6.07) is 4.99. The van der Waals surface area contributed by atoms with Crippen molar-refractivity contribution in [2.75, 3.05) is 6.54 Å². The van der Waals surface area contributed by atoms with Gasteiger partial charge >= 0.3 is 0 Å². The lowest BCUT2D eigenvalue weighted by Gasteiger charge is -2.07. The van der Waals surface area contributed by atoms with Crippen LogP contribution in [-0.2, 0) is 11.3 Å². The van der Waals surface area contributed by atoms with Crippen LogP contribution in [0.4, 0.5) is 0 Å². The van der Waals surface area contributed by atoms with Gasteiger partial charge in [-0.25, -0.2) is 0 Å². The number of carbonyl (C=O) groups is 2. The Morgan fingerprint density at radius 1 is 1.21 bits per heavy atom. The van der Waals surface area contributed by atoms with Gasteiger partial charge in [0.2, 0.25) is 11.8 Å². The molecule has 0 fully saturated rings. The van der Waals surface area contributed by atoms with Gasteiger partial charge in [0.15, 0.2) is 0 Å². The third kappa shape index (κ3) is 5.72. The lowest BCUT2D eigenvalue weighted by molar-refractivity contribution is -0.118. The number of unbranched alkanes of at least 4 members (excludes halogenated alkanes) is 1. The van der Waals surface area contributed by atoms with Crippen molar-refractivity contribution in [3.8, 4) is 0 Å². The molecule has 0 bridgehead atoms. The van der Waals surface area contributed by atoms with E-state index in [1.165, 1.54) is 0 Å². The second kappa shape index (κ2) is 7.76. The number of nitrogens with one attached hydrogen (secondary N) is 1. The molecule has 0 heterocycles. The summed E-state index contributed by atoms with van der Waals surface area (Å²) in [5, 5.41) is 3.73. The zero-order valence-electron chi connectivity index (χ0n) is 10.6. The molecule has 104 valence electrons. The molecule has 0 unspecified atom stereocenters. The molecule has 0 atom stereocenters. The summed E-state index contributed by atoms with van der Waals surface area (Å²) in [5.74, 6) is -0.766. The average Bonchev–Trinajstić information content (AvgIpc) is 2.34. The van der Waals surface area contributed by atoms with Gasteiger partial charge in [-0.1, -0.05) is 17.7 Å². The van der Waals surface area contributed by atoms with Crippen LogP contribution in [0.2, 0.25) is 5.02 Å². The zero-order chi connectivity index (χ0) is 14.3. The van der Waals surface area contributed by atoms with Gasteiger partial charge in [-0.3, -0.25) is 9.59 Å². The quantitative estimate of drug-likeness (QED) is 0.625. The Morgan fingerprint density at radius 2 is 1.95 bits per heavy atom. The highest BCUT2D eigenvalue weighted by Gasteiger charge is 2.05. The lowest BCUT2D eigenvalue weighted by Crippen LogP contribution is -2.17. The average molecular weight is 284 g/mol. The molecule has 1 aromatic carbocycles. The highest BCUT2D eigenvalue weighted by molar-refractivity contribution is 6.31. The first-order valence-electron chi connectivity index (χ1n) is 6.08. The Morgan fingerprint density at radius 3 is 2.53 bits per heavy atom. The van der Waals surface area contributed by atoms with Crippen molar-refractivity contribution < 1.29 is 9.59 Å². The monoisotopic (exact) mass is 283 g/mol. The maximum Gasteiger partial charge on any atom is 0.248 e. The van der Waals surface area contributed by atoms with Crippen molar-refractivity contribution in [1.82, 2.24) is 5.32 Å². The molecule has 0 aromatic heterocycles. The number of rotatable bonds is 8. The van der Waals surface area contributed by atoms with E-state index in [2.05, 4.69) is 5.32 Å². The largest absolute Gasteiger partial charge is 0.370 e. The van der Waals surface area contributed by atoms with Gasteiger partial charge in [0, 0.05) is 23.6 Å². The van der Waals surface area contributed by atoms with E-state index in [1.807, 2.05) is 0 Å². The number of hydrogen-bond acceptors (Lipinski definition) is 3. The number of carbonyl (C=O) groups excluding carboxylic acids is 2. The van der Waals surface area contributed by atoms with Gasteiger partial charge < -0.3 is 16.8 Å². The number of nitrogens with two attached hydrogens (primary N) is 2. The van der Waals surface area contributed by atoms with Gasteiger partial charge in [-0.15, -0.1) is 0 Å². The molecule has 0 aliphatic rings. The van der Waals surface area contributed by atoms with Crippen molar-refractivity contribution in [3.63, 3.8) is 0 Å². The van der Waals surface area contributed by atoms with Crippen molar-refractivity contribution in [2.24, 2.45) is 11.5 Å². The number of halogens is 1. The minimum Gasteiger partial charge on any atom is -0.370 e. The van der Waals surface area contributed by atoms with Crippen LogP contribution < -0.4 is 16.8 Å². The number of primary amides is 2. The summed E-state index contributed by atoms with van der Waals surface area (Å²) >= 11 is 6.05. The van der Waals surface area contributed by atoms with Gasteiger partial charge in [-0.2, -0.15) is 0 Å². The molecule has 5 nitrogen and oxygen atoms in total. The van der Waals surface area contributed by atoms with E-state index in [4.69, 9.17) is 23.1 Å². The maximum atomic E-state index is 11.0. The van der Waals surface area contributed by atoms with E-state index in [0.29, 0.717) is 23.6 Å². The topological polar surface area (TPSA) is 98.2 Å². The summed E-state index contributed by atoms with van der Waals surface area (Å²) in [6.45, 7) is 1.38. The molecule has 5 N–H and O–H groups in total. The third-order valence-electron chi connectivity index (χ3n) is 2.68. The van der Waals surface area contributed by atoms with Crippen LogP contribution in [0.3, 0.4) is 0 Å². The van der Waals surface area contributed by atoms with Crippen molar-refractivity contribution in [1.29, 1.82) is 0 Å². The van der Waals surface area contributed by atoms with Crippen molar-refractivity contribution in [2.45, 2.75) is 25.8 Å². The highest BCUT2D eigenvalue weighted by Crippen LogP contribution is 2.17. The Hall–Kier alpha value is -1.59.